The zero-order valence-electron chi connectivity index (χ0n) is 12.6. The van der Waals surface area contributed by atoms with Crippen LogP contribution in [0.25, 0.3) is 0 Å². The predicted octanol–water partition coefficient (Wildman–Crippen LogP) is 2.98. The molecule has 22 heavy (non-hydrogen) atoms. The van der Waals surface area contributed by atoms with Gasteiger partial charge in [-0.1, -0.05) is 25.1 Å². The van der Waals surface area contributed by atoms with Crippen LogP contribution >= 0.6 is 23.5 Å². The van der Waals surface area contributed by atoms with Crippen molar-refractivity contribution in [3.63, 3.8) is 0 Å². The van der Waals surface area contributed by atoms with E-state index < -0.39 is 5.97 Å². The SMILES string of the molecule is CCC(Sc1ccccc1)C(=O)N1CCSCC1CC(=O)O. The number of nitrogens with zero attached hydrogens (tertiary/aromatic N) is 1. The summed E-state index contributed by atoms with van der Waals surface area (Å²) in [4.78, 5) is 26.7. The highest BCUT2D eigenvalue weighted by Gasteiger charge is 2.32. The Morgan fingerprint density at radius 1 is 1.41 bits per heavy atom. The molecule has 2 unspecified atom stereocenters. The molecule has 2 atom stereocenters. The first-order valence-electron chi connectivity index (χ1n) is 7.43. The smallest absolute Gasteiger partial charge is 0.305 e. The van der Waals surface area contributed by atoms with Crippen molar-refractivity contribution >= 4 is 35.4 Å². The molecule has 2 rings (SSSR count). The standard InChI is InChI=1S/C16H21NO3S2/c1-2-14(22-13-6-4-3-5-7-13)16(20)17-8-9-21-11-12(17)10-15(18)19/h3-7,12,14H,2,8-11H2,1H3,(H,18,19). The number of hydrogen-bond acceptors (Lipinski definition) is 4. The van der Waals surface area contributed by atoms with E-state index in [-0.39, 0.29) is 23.6 Å². The van der Waals surface area contributed by atoms with E-state index >= 15 is 0 Å². The maximum absolute atomic E-state index is 12.8. The molecule has 1 aromatic rings. The lowest BCUT2D eigenvalue weighted by atomic mass is 10.1. The van der Waals surface area contributed by atoms with Gasteiger partial charge in [0.25, 0.3) is 0 Å². The Labute approximate surface area is 139 Å². The van der Waals surface area contributed by atoms with Crippen molar-refractivity contribution in [2.75, 3.05) is 18.1 Å². The summed E-state index contributed by atoms with van der Waals surface area (Å²) in [6.45, 7) is 2.65. The highest BCUT2D eigenvalue weighted by atomic mass is 32.2. The van der Waals surface area contributed by atoms with Crippen LogP contribution in [0.1, 0.15) is 19.8 Å². The summed E-state index contributed by atoms with van der Waals surface area (Å²) in [5, 5.41) is 8.89. The molecule has 1 heterocycles. The van der Waals surface area contributed by atoms with Crippen molar-refractivity contribution in [2.24, 2.45) is 0 Å². The Balaban J connectivity index is 2.06. The van der Waals surface area contributed by atoms with Gasteiger partial charge in [-0.05, 0) is 18.6 Å². The van der Waals surface area contributed by atoms with Gasteiger partial charge in [0.15, 0.2) is 0 Å². The number of carbonyl (C=O) groups is 2. The summed E-state index contributed by atoms with van der Waals surface area (Å²) >= 11 is 3.29. The third-order valence-electron chi connectivity index (χ3n) is 3.59. The molecule has 1 N–H and O–H groups in total. The van der Waals surface area contributed by atoms with Gasteiger partial charge in [0.1, 0.15) is 0 Å². The van der Waals surface area contributed by atoms with Crippen LogP contribution in [0, 0.1) is 0 Å². The lowest BCUT2D eigenvalue weighted by Gasteiger charge is -2.36. The summed E-state index contributed by atoms with van der Waals surface area (Å²) in [6, 6.07) is 9.70. The fourth-order valence-corrected chi connectivity index (χ4v) is 4.58. The van der Waals surface area contributed by atoms with Gasteiger partial charge < -0.3 is 10.0 Å². The minimum absolute atomic E-state index is 0.0329. The van der Waals surface area contributed by atoms with E-state index in [1.165, 1.54) is 0 Å². The molecule has 1 saturated heterocycles. The van der Waals surface area contributed by atoms with Crippen LogP contribution < -0.4 is 0 Å². The summed E-state index contributed by atoms with van der Waals surface area (Å²) in [5.41, 5.74) is 0. The Morgan fingerprint density at radius 3 is 2.77 bits per heavy atom. The minimum Gasteiger partial charge on any atom is -0.481 e. The Kier molecular flexibility index (Phi) is 6.64. The number of amides is 1. The van der Waals surface area contributed by atoms with Crippen molar-refractivity contribution in [3.8, 4) is 0 Å². The lowest BCUT2D eigenvalue weighted by molar-refractivity contribution is -0.140. The molecule has 1 aliphatic rings. The first-order chi connectivity index (χ1) is 10.6. The molecule has 1 amide bonds. The second-order valence-corrected chi connectivity index (χ2v) is 7.61. The minimum atomic E-state index is -0.839. The third-order valence-corrected chi connectivity index (χ3v) is 6.04. The first kappa shape index (κ1) is 17.2. The normalized spacial score (nSPS) is 19.7. The number of carbonyl (C=O) groups excluding carboxylic acids is 1. The lowest BCUT2D eigenvalue weighted by Crippen LogP contribution is -2.50. The highest BCUT2D eigenvalue weighted by molar-refractivity contribution is 8.00. The maximum atomic E-state index is 12.8. The van der Waals surface area contributed by atoms with E-state index in [1.54, 1.807) is 28.4 Å². The van der Waals surface area contributed by atoms with Crippen molar-refractivity contribution in [2.45, 2.75) is 36.0 Å². The molecule has 0 spiro atoms. The van der Waals surface area contributed by atoms with Gasteiger partial charge in [0, 0.05) is 22.9 Å². The average molecular weight is 339 g/mol. The fraction of sp³-hybridized carbons (Fsp3) is 0.500. The van der Waals surface area contributed by atoms with Crippen molar-refractivity contribution < 1.29 is 14.7 Å². The first-order valence-corrected chi connectivity index (χ1v) is 9.47. The summed E-state index contributed by atoms with van der Waals surface area (Å²) < 4.78 is 0. The van der Waals surface area contributed by atoms with Crippen LogP contribution in [-0.2, 0) is 9.59 Å². The largest absolute Gasteiger partial charge is 0.481 e. The molecule has 6 heteroatoms. The van der Waals surface area contributed by atoms with E-state index in [4.69, 9.17) is 5.11 Å². The van der Waals surface area contributed by atoms with Gasteiger partial charge in [-0.3, -0.25) is 9.59 Å². The maximum Gasteiger partial charge on any atom is 0.305 e. The molecular weight excluding hydrogens is 318 g/mol. The number of hydrogen-bond donors (Lipinski definition) is 1. The molecule has 1 fully saturated rings. The van der Waals surface area contributed by atoms with Gasteiger partial charge in [0.05, 0.1) is 17.7 Å². The monoisotopic (exact) mass is 339 g/mol. The number of rotatable bonds is 6. The van der Waals surface area contributed by atoms with Gasteiger partial charge in [0.2, 0.25) is 5.91 Å². The van der Waals surface area contributed by atoms with Gasteiger partial charge in [-0.15, -0.1) is 11.8 Å². The van der Waals surface area contributed by atoms with E-state index in [0.717, 1.165) is 17.1 Å². The zero-order valence-corrected chi connectivity index (χ0v) is 14.2. The predicted molar refractivity (Wildman–Crippen MR) is 91.5 cm³/mol. The zero-order chi connectivity index (χ0) is 15.9. The Morgan fingerprint density at radius 2 is 2.14 bits per heavy atom. The average Bonchev–Trinajstić information content (AvgIpc) is 2.53. The molecule has 0 radical (unpaired) electrons. The van der Waals surface area contributed by atoms with Crippen LogP contribution in [0.2, 0.25) is 0 Å². The van der Waals surface area contributed by atoms with Crippen LogP contribution in [0.4, 0.5) is 0 Å². The molecule has 1 aromatic carbocycles. The number of carboxylic acids is 1. The summed E-state index contributed by atoms with van der Waals surface area (Å²) in [5.74, 6) is 0.829. The van der Waals surface area contributed by atoms with E-state index in [9.17, 15) is 9.59 Å². The second-order valence-electron chi connectivity index (χ2n) is 5.19. The fourth-order valence-electron chi connectivity index (χ4n) is 2.47. The van der Waals surface area contributed by atoms with Crippen molar-refractivity contribution in [1.82, 2.24) is 4.90 Å². The van der Waals surface area contributed by atoms with Crippen molar-refractivity contribution in [3.05, 3.63) is 30.3 Å². The Hall–Kier alpha value is -1.14. The summed E-state index contributed by atoms with van der Waals surface area (Å²) in [6.07, 6.45) is 0.771. The molecule has 0 bridgehead atoms. The Bertz CT molecular complexity index is 509. The summed E-state index contributed by atoms with van der Waals surface area (Å²) in [7, 11) is 0. The number of carboxylic acid groups (broad SMARTS) is 1. The van der Waals surface area contributed by atoms with E-state index in [0.29, 0.717) is 12.3 Å². The molecule has 0 aliphatic carbocycles. The number of benzene rings is 1. The third kappa shape index (κ3) is 4.68. The molecule has 4 nitrogen and oxygen atoms in total. The van der Waals surface area contributed by atoms with Crippen LogP contribution in [0.15, 0.2) is 35.2 Å². The molecular formula is C16H21NO3S2. The van der Waals surface area contributed by atoms with Crippen LogP contribution in [-0.4, -0.2) is 51.2 Å². The van der Waals surface area contributed by atoms with Gasteiger partial charge >= 0.3 is 5.97 Å². The second kappa shape index (κ2) is 8.48. The van der Waals surface area contributed by atoms with E-state index in [2.05, 4.69) is 0 Å². The van der Waals surface area contributed by atoms with Gasteiger partial charge in [-0.25, -0.2) is 0 Å². The molecule has 0 aromatic heterocycles. The van der Waals surface area contributed by atoms with Crippen LogP contribution in [0.5, 0.6) is 0 Å². The van der Waals surface area contributed by atoms with Crippen LogP contribution in [0.3, 0.4) is 0 Å². The van der Waals surface area contributed by atoms with Crippen molar-refractivity contribution in [1.29, 1.82) is 0 Å². The molecule has 120 valence electrons. The molecule has 1 aliphatic heterocycles. The number of aliphatic carboxylic acids is 1. The molecule has 0 saturated carbocycles. The quantitative estimate of drug-likeness (QED) is 0.808. The number of thioether (sulfide) groups is 2. The van der Waals surface area contributed by atoms with Gasteiger partial charge in [-0.2, -0.15) is 11.8 Å². The highest BCUT2D eigenvalue weighted by Crippen LogP contribution is 2.29. The topological polar surface area (TPSA) is 57.6 Å². The van der Waals surface area contributed by atoms with E-state index in [1.807, 2.05) is 37.3 Å².